The van der Waals surface area contributed by atoms with Gasteiger partial charge in [-0.1, -0.05) is 18.8 Å². The monoisotopic (exact) mass is 553 g/mol. The first-order valence-corrected chi connectivity index (χ1v) is 12.8. The number of hydrogen-bond donors (Lipinski definition) is 7. The molecule has 0 rings (SSSR count). The van der Waals surface area contributed by atoms with Crippen molar-refractivity contribution in [3.05, 3.63) is 0 Å². The Balaban J connectivity index is 6.07. The van der Waals surface area contributed by atoms with E-state index in [1.54, 1.807) is 0 Å². The second-order valence-electron chi connectivity index (χ2n) is 8.30. The van der Waals surface area contributed by atoms with Crippen molar-refractivity contribution in [3.63, 3.8) is 0 Å². The van der Waals surface area contributed by atoms with Crippen molar-refractivity contribution < 1.29 is 28.7 Å². The maximum atomic E-state index is 13.4. The second-order valence-corrected chi connectivity index (χ2v) is 8.30. The van der Waals surface area contributed by atoms with Crippen LogP contribution in [-0.2, 0) is 28.7 Å². The zero-order valence-electron chi connectivity index (χ0n) is 23.0. The van der Waals surface area contributed by atoms with Gasteiger partial charge in [-0.2, -0.15) is 0 Å². The quantitative estimate of drug-likeness (QED) is 0.0251. The number of ether oxygens (including phenoxy) is 2. The number of rotatable bonds is 17. The van der Waals surface area contributed by atoms with Gasteiger partial charge < -0.3 is 48.8 Å². The predicted octanol–water partition coefficient (Wildman–Crippen LogP) is -2.31. The Morgan fingerprint density at radius 2 is 1.36 bits per heavy atom. The molecular weight excluding hydrogens is 510 g/mol. The number of carbonyl (C=O) groups excluding carboxylic acids is 4. The number of nitrogens with zero attached hydrogens (tertiary/aromatic N) is 2. The van der Waals surface area contributed by atoms with Gasteiger partial charge in [-0.25, -0.2) is 9.59 Å². The van der Waals surface area contributed by atoms with Gasteiger partial charge in [-0.15, -0.1) is 0 Å². The minimum atomic E-state index is -2.44. The van der Waals surface area contributed by atoms with Gasteiger partial charge in [-0.3, -0.25) is 19.6 Å². The molecular formula is C24H43N9O6. The van der Waals surface area contributed by atoms with Crippen LogP contribution < -0.4 is 39.3 Å². The average molecular weight is 554 g/mol. The zero-order valence-corrected chi connectivity index (χ0v) is 23.0. The molecule has 2 atom stereocenters. The van der Waals surface area contributed by atoms with Crippen molar-refractivity contribution in [2.24, 2.45) is 38.7 Å². The largest absolute Gasteiger partial charge is 0.463 e. The van der Waals surface area contributed by atoms with Gasteiger partial charge >= 0.3 is 11.9 Å². The van der Waals surface area contributed by atoms with Gasteiger partial charge in [-0.05, 0) is 46.0 Å². The fourth-order valence-corrected chi connectivity index (χ4v) is 3.09. The maximum Gasteiger partial charge on any atom is 0.356 e. The van der Waals surface area contributed by atoms with Gasteiger partial charge in [0.15, 0.2) is 11.9 Å². The van der Waals surface area contributed by atoms with Gasteiger partial charge in [0.05, 0.1) is 19.3 Å². The molecule has 0 fully saturated rings. The molecule has 2 amide bonds. The van der Waals surface area contributed by atoms with Gasteiger partial charge in [0.25, 0.3) is 5.54 Å². The molecule has 0 aromatic rings. The molecule has 0 aliphatic heterocycles. The first kappa shape index (κ1) is 34.9. The molecule has 39 heavy (non-hydrogen) atoms. The van der Waals surface area contributed by atoms with E-state index in [1.807, 2.05) is 6.92 Å². The Hall–Kier alpha value is -4.06. The van der Waals surface area contributed by atoms with E-state index in [0.717, 1.165) is 0 Å². The summed E-state index contributed by atoms with van der Waals surface area (Å²) in [4.78, 5) is 59.9. The normalized spacial score (nSPS) is 12.0. The van der Waals surface area contributed by atoms with Crippen LogP contribution in [0.1, 0.15) is 59.3 Å². The smallest absolute Gasteiger partial charge is 0.356 e. The van der Waals surface area contributed by atoms with E-state index in [2.05, 4.69) is 32.5 Å². The molecule has 0 heterocycles. The Labute approximate surface area is 229 Å². The summed E-state index contributed by atoms with van der Waals surface area (Å²) in [5, 5.41) is 4.93. The lowest BCUT2D eigenvalue weighted by Gasteiger charge is -2.28. The van der Waals surface area contributed by atoms with Crippen LogP contribution in [0.2, 0.25) is 0 Å². The summed E-state index contributed by atoms with van der Waals surface area (Å²) in [6.07, 6.45) is 1.91. The van der Waals surface area contributed by atoms with Crippen LogP contribution in [0.5, 0.6) is 0 Å². The third-order valence-electron chi connectivity index (χ3n) is 5.01. The Morgan fingerprint density at radius 3 is 1.82 bits per heavy atom. The highest BCUT2D eigenvalue weighted by Crippen LogP contribution is 2.13. The standard InChI is InChI=1S/C24H43N9O6/c1-4-7-8-13-24(20(36)38-5-2,21(37)39-6-3)33-19(35)17(12-10-15-31-23(28)29)32-18(34)16(25)11-9-14-30-22(26)27/h16-17H,4-7,9-12,14-15,25H2,1-3H3,(H,32,34)(H,33,35)(H4,26,27,30)(H4,28,29,31)/t16-,17-/m0/s1. The van der Waals surface area contributed by atoms with Crippen LogP contribution >= 0.6 is 0 Å². The van der Waals surface area contributed by atoms with Gasteiger partial charge in [0.1, 0.15) is 6.04 Å². The van der Waals surface area contributed by atoms with Crippen molar-refractivity contribution in [2.75, 3.05) is 26.3 Å². The number of nitrogens with two attached hydrogens (primary N) is 5. The first-order chi connectivity index (χ1) is 18.4. The SMILES string of the molecule is CCCC#CC(NC(=O)[C@H](CCCN=C(N)N)NC(=O)[C@@H](N)CCCN=C(N)N)(C(=O)OCC)C(=O)OCC. The summed E-state index contributed by atoms with van der Waals surface area (Å²) in [6, 6.07) is -2.22. The van der Waals surface area contributed by atoms with E-state index in [1.165, 1.54) is 13.8 Å². The molecule has 0 aliphatic rings. The number of carbonyl (C=O) groups is 4. The van der Waals surface area contributed by atoms with Crippen LogP contribution in [0, 0.1) is 11.8 Å². The fraction of sp³-hybridized carbons (Fsp3) is 0.667. The summed E-state index contributed by atoms with van der Waals surface area (Å²) in [6.45, 7) is 5.18. The highest BCUT2D eigenvalue weighted by molar-refractivity contribution is 6.12. The molecule has 220 valence electrons. The van der Waals surface area contributed by atoms with Gasteiger partial charge in [0, 0.05) is 19.5 Å². The molecule has 0 bridgehead atoms. The van der Waals surface area contributed by atoms with Crippen molar-refractivity contribution in [1.29, 1.82) is 0 Å². The highest BCUT2D eigenvalue weighted by atomic mass is 16.6. The lowest BCUT2D eigenvalue weighted by Crippen LogP contribution is -2.64. The molecule has 0 spiro atoms. The van der Waals surface area contributed by atoms with Crippen molar-refractivity contribution in [3.8, 4) is 11.8 Å². The predicted molar refractivity (Wildman–Crippen MR) is 147 cm³/mol. The van der Waals surface area contributed by atoms with E-state index in [9.17, 15) is 19.2 Å². The highest BCUT2D eigenvalue weighted by Gasteiger charge is 2.50. The number of nitrogens with one attached hydrogen (secondary N) is 2. The van der Waals surface area contributed by atoms with E-state index in [-0.39, 0.29) is 57.5 Å². The maximum absolute atomic E-state index is 13.4. The number of esters is 2. The molecule has 0 unspecified atom stereocenters. The van der Waals surface area contributed by atoms with Crippen molar-refractivity contribution >= 4 is 35.7 Å². The Morgan fingerprint density at radius 1 is 0.846 bits per heavy atom. The summed E-state index contributed by atoms with van der Waals surface area (Å²) in [5.41, 5.74) is 24.8. The summed E-state index contributed by atoms with van der Waals surface area (Å²) in [5.74, 6) is 1.28. The lowest BCUT2D eigenvalue weighted by atomic mass is 9.98. The molecule has 0 saturated heterocycles. The average Bonchev–Trinajstić information content (AvgIpc) is 2.87. The minimum absolute atomic E-state index is 0.0409. The molecule has 12 N–H and O–H groups in total. The van der Waals surface area contributed by atoms with E-state index in [0.29, 0.717) is 19.3 Å². The molecule has 0 radical (unpaired) electrons. The Kier molecular flexibility index (Phi) is 17.1. The topological polar surface area (TPSA) is 266 Å². The van der Waals surface area contributed by atoms with Crippen LogP contribution in [0.25, 0.3) is 0 Å². The molecule has 0 aromatic heterocycles. The second kappa shape index (κ2) is 19.1. The number of unbranched alkanes of at least 4 members (excludes halogenated alkanes) is 1. The fourth-order valence-electron chi connectivity index (χ4n) is 3.09. The summed E-state index contributed by atoms with van der Waals surface area (Å²) >= 11 is 0. The summed E-state index contributed by atoms with van der Waals surface area (Å²) < 4.78 is 10.1. The van der Waals surface area contributed by atoms with E-state index in [4.69, 9.17) is 38.1 Å². The first-order valence-electron chi connectivity index (χ1n) is 12.8. The Bertz CT molecular complexity index is 916. The molecule has 0 aromatic carbocycles. The number of hydrogen-bond acceptors (Lipinski definition) is 9. The molecule has 0 aliphatic carbocycles. The number of guanidine groups is 2. The number of amides is 2. The van der Waals surface area contributed by atoms with Crippen molar-refractivity contribution in [1.82, 2.24) is 10.6 Å². The van der Waals surface area contributed by atoms with Crippen LogP contribution in [-0.4, -0.2) is 79.6 Å². The lowest BCUT2D eigenvalue weighted by molar-refractivity contribution is -0.164. The number of aliphatic imine (C=N–C) groups is 2. The van der Waals surface area contributed by atoms with Crippen LogP contribution in [0.4, 0.5) is 0 Å². The molecule has 15 nitrogen and oxygen atoms in total. The van der Waals surface area contributed by atoms with Gasteiger partial charge in [0.2, 0.25) is 11.8 Å². The van der Waals surface area contributed by atoms with Crippen LogP contribution in [0.3, 0.4) is 0 Å². The third kappa shape index (κ3) is 13.3. The molecule has 0 saturated carbocycles. The summed E-state index contributed by atoms with van der Waals surface area (Å²) in [7, 11) is 0. The van der Waals surface area contributed by atoms with E-state index >= 15 is 0 Å². The molecule has 15 heteroatoms. The zero-order chi connectivity index (χ0) is 29.8. The minimum Gasteiger partial charge on any atom is -0.463 e. The van der Waals surface area contributed by atoms with Crippen molar-refractivity contribution in [2.45, 2.75) is 76.9 Å². The van der Waals surface area contributed by atoms with Crippen LogP contribution in [0.15, 0.2) is 9.98 Å². The van der Waals surface area contributed by atoms with E-state index < -0.39 is 41.4 Å². The third-order valence-corrected chi connectivity index (χ3v) is 5.01.